The molecule has 0 N–H and O–H groups in total. The minimum absolute atomic E-state index is 0.112. The number of methoxy groups -OCH3 is 2. The monoisotopic (exact) mass is 392 g/mol. The van der Waals surface area contributed by atoms with Crippen LogP contribution < -0.4 is 9.47 Å². The van der Waals surface area contributed by atoms with Gasteiger partial charge < -0.3 is 14.4 Å². The van der Waals surface area contributed by atoms with Crippen molar-refractivity contribution in [3.8, 4) is 17.3 Å². The van der Waals surface area contributed by atoms with E-state index < -0.39 is 0 Å². The summed E-state index contributed by atoms with van der Waals surface area (Å²) < 4.78 is 12.9. The Morgan fingerprint density at radius 2 is 1.83 bits per heavy atom. The van der Waals surface area contributed by atoms with Crippen LogP contribution in [-0.2, 0) is 11.3 Å². The molecule has 1 atom stereocenters. The van der Waals surface area contributed by atoms with Crippen LogP contribution in [0.2, 0.25) is 0 Å². The molecular weight excluding hydrogens is 368 g/mol. The molecule has 3 heterocycles. The van der Waals surface area contributed by atoms with E-state index in [9.17, 15) is 4.79 Å². The molecule has 1 fully saturated rings. The second-order valence-corrected chi connectivity index (χ2v) is 6.94. The van der Waals surface area contributed by atoms with Crippen LogP contribution in [0.5, 0.6) is 11.5 Å². The van der Waals surface area contributed by atoms with Crippen LogP contribution in [0.3, 0.4) is 0 Å². The summed E-state index contributed by atoms with van der Waals surface area (Å²) in [6.07, 6.45) is 5.78. The van der Waals surface area contributed by atoms with Gasteiger partial charge in [-0.2, -0.15) is 5.10 Å². The van der Waals surface area contributed by atoms with Gasteiger partial charge in [-0.25, -0.2) is 9.67 Å². The zero-order valence-corrected chi connectivity index (χ0v) is 16.6. The van der Waals surface area contributed by atoms with Gasteiger partial charge in [-0.15, -0.1) is 0 Å². The van der Waals surface area contributed by atoms with Crippen molar-refractivity contribution in [2.45, 2.75) is 31.8 Å². The van der Waals surface area contributed by atoms with Crippen LogP contribution in [0.4, 0.5) is 0 Å². The van der Waals surface area contributed by atoms with Gasteiger partial charge in [0.2, 0.25) is 5.91 Å². The molecule has 1 aliphatic heterocycles. The fourth-order valence-corrected chi connectivity index (χ4v) is 3.89. The van der Waals surface area contributed by atoms with E-state index in [1.165, 1.54) is 0 Å². The summed E-state index contributed by atoms with van der Waals surface area (Å²) in [5, 5.41) is 4.24. The van der Waals surface area contributed by atoms with Gasteiger partial charge in [-0.3, -0.25) is 4.79 Å². The fourth-order valence-electron chi connectivity index (χ4n) is 3.89. The van der Waals surface area contributed by atoms with E-state index in [1.807, 2.05) is 53.6 Å². The van der Waals surface area contributed by atoms with Gasteiger partial charge >= 0.3 is 0 Å². The summed E-state index contributed by atoms with van der Waals surface area (Å²) in [5.41, 5.74) is 1.72. The van der Waals surface area contributed by atoms with E-state index in [2.05, 4.69) is 5.10 Å². The van der Waals surface area contributed by atoms with Gasteiger partial charge in [-0.1, -0.05) is 12.1 Å². The Kier molecular flexibility index (Phi) is 5.46. The summed E-state index contributed by atoms with van der Waals surface area (Å²) in [6.45, 7) is 0.416. The van der Waals surface area contributed by atoms with Crippen molar-refractivity contribution in [1.29, 1.82) is 0 Å². The van der Waals surface area contributed by atoms with E-state index in [0.717, 1.165) is 41.4 Å². The molecule has 0 radical (unpaired) electrons. The smallest absolute Gasteiger partial charge is 0.223 e. The Labute approximate surface area is 169 Å². The largest absolute Gasteiger partial charge is 0.496 e. The second-order valence-electron chi connectivity index (χ2n) is 6.94. The molecule has 2 aromatic heterocycles. The van der Waals surface area contributed by atoms with E-state index in [1.54, 1.807) is 25.1 Å². The van der Waals surface area contributed by atoms with Gasteiger partial charge in [0.15, 0.2) is 5.82 Å². The van der Waals surface area contributed by atoms with Crippen LogP contribution >= 0.6 is 0 Å². The molecule has 1 aromatic carbocycles. The maximum Gasteiger partial charge on any atom is 0.223 e. The fraction of sp³-hybridized carbons (Fsp3) is 0.318. The highest BCUT2D eigenvalue weighted by Gasteiger charge is 2.33. The first-order valence-electron chi connectivity index (χ1n) is 9.67. The molecule has 7 nitrogen and oxygen atoms in total. The Morgan fingerprint density at radius 1 is 1.07 bits per heavy atom. The molecular formula is C22H24N4O3. The molecule has 150 valence electrons. The number of pyridine rings is 1. The lowest BCUT2D eigenvalue weighted by atomic mass is 9.93. The Bertz CT molecular complexity index is 965. The average Bonchev–Trinajstić information content (AvgIpc) is 3.30. The number of carbonyl (C=O) groups is 1. The Balaban J connectivity index is 1.69. The number of hydrogen-bond donors (Lipinski definition) is 0. The van der Waals surface area contributed by atoms with E-state index in [0.29, 0.717) is 13.0 Å². The van der Waals surface area contributed by atoms with Crippen LogP contribution in [0.15, 0.2) is 54.9 Å². The standard InChI is InChI=1S/C22H24N4O3/c1-28-18-9-5-10-19(29-2)22(18)17-8-4-12-21(27)25(17)15-16-7-3-11-20(24-16)26-14-6-13-23-26/h3,5-7,9-11,13-14,17H,4,8,12,15H2,1-2H3. The highest BCUT2D eigenvalue weighted by atomic mass is 16.5. The molecule has 0 spiro atoms. The number of carbonyl (C=O) groups excluding carboxylic acids is 1. The molecule has 3 aromatic rings. The highest BCUT2D eigenvalue weighted by Crippen LogP contribution is 2.42. The molecule has 0 saturated carbocycles. The molecule has 1 saturated heterocycles. The normalized spacial score (nSPS) is 16.7. The van der Waals surface area contributed by atoms with Crippen molar-refractivity contribution < 1.29 is 14.3 Å². The van der Waals surface area contributed by atoms with Gasteiger partial charge in [0.05, 0.1) is 38.1 Å². The summed E-state index contributed by atoms with van der Waals surface area (Å²) in [4.78, 5) is 19.5. The predicted molar refractivity (Wildman–Crippen MR) is 108 cm³/mol. The molecule has 0 bridgehead atoms. The zero-order valence-electron chi connectivity index (χ0n) is 16.6. The summed E-state index contributed by atoms with van der Waals surface area (Å²) in [5.74, 6) is 2.29. The van der Waals surface area contributed by atoms with E-state index in [-0.39, 0.29) is 11.9 Å². The number of hydrogen-bond acceptors (Lipinski definition) is 5. The van der Waals surface area contributed by atoms with Crippen molar-refractivity contribution in [3.63, 3.8) is 0 Å². The summed E-state index contributed by atoms with van der Waals surface area (Å²) in [7, 11) is 3.28. The lowest BCUT2D eigenvalue weighted by Crippen LogP contribution is -2.38. The first-order valence-corrected chi connectivity index (χ1v) is 9.67. The Morgan fingerprint density at radius 3 is 2.52 bits per heavy atom. The quantitative estimate of drug-likeness (QED) is 0.642. The van der Waals surface area contributed by atoms with Gasteiger partial charge in [0.1, 0.15) is 11.5 Å². The van der Waals surface area contributed by atoms with Gasteiger partial charge in [0.25, 0.3) is 0 Å². The lowest BCUT2D eigenvalue weighted by molar-refractivity contribution is -0.137. The third-order valence-corrected chi connectivity index (χ3v) is 5.23. The number of rotatable bonds is 6. The first-order chi connectivity index (χ1) is 14.2. The number of amides is 1. The zero-order chi connectivity index (χ0) is 20.2. The maximum atomic E-state index is 12.9. The number of ether oxygens (including phenoxy) is 2. The van der Waals surface area contributed by atoms with E-state index in [4.69, 9.17) is 14.5 Å². The molecule has 4 rings (SSSR count). The minimum Gasteiger partial charge on any atom is -0.496 e. The summed E-state index contributed by atoms with van der Waals surface area (Å²) in [6, 6.07) is 13.2. The van der Waals surface area contributed by atoms with Crippen LogP contribution in [0.1, 0.15) is 36.6 Å². The van der Waals surface area contributed by atoms with Crippen molar-refractivity contribution in [2.24, 2.45) is 0 Å². The van der Waals surface area contributed by atoms with Crippen LogP contribution in [0.25, 0.3) is 5.82 Å². The number of benzene rings is 1. The summed E-state index contributed by atoms with van der Waals surface area (Å²) >= 11 is 0. The van der Waals surface area contributed by atoms with Gasteiger partial charge in [0, 0.05) is 18.8 Å². The topological polar surface area (TPSA) is 69.5 Å². The average molecular weight is 392 g/mol. The highest BCUT2D eigenvalue weighted by molar-refractivity contribution is 5.78. The maximum absolute atomic E-state index is 12.9. The number of piperidine rings is 1. The second kappa shape index (κ2) is 8.34. The third kappa shape index (κ3) is 3.81. The first kappa shape index (κ1) is 19.0. The molecule has 1 unspecified atom stereocenters. The van der Waals surface area contributed by atoms with Crippen molar-refractivity contribution >= 4 is 5.91 Å². The number of likely N-dealkylation sites (tertiary alicyclic amines) is 1. The van der Waals surface area contributed by atoms with E-state index >= 15 is 0 Å². The predicted octanol–water partition coefficient (Wildman–Crippen LogP) is 3.54. The molecule has 7 heteroatoms. The van der Waals surface area contributed by atoms with Crippen LogP contribution in [-0.4, -0.2) is 39.8 Å². The van der Waals surface area contributed by atoms with Gasteiger partial charge in [-0.05, 0) is 43.2 Å². The molecule has 1 aliphatic rings. The van der Waals surface area contributed by atoms with Crippen molar-refractivity contribution in [3.05, 3.63) is 66.1 Å². The van der Waals surface area contributed by atoms with Crippen molar-refractivity contribution in [2.75, 3.05) is 14.2 Å². The minimum atomic E-state index is -0.127. The molecule has 29 heavy (non-hydrogen) atoms. The lowest BCUT2D eigenvalue weighted by Gasteiger charge is -2.37. The molecule has 1 amide bonds. The Hall–Kier alpha value is -3.35. The third-order valence-electron chi connectivity index (χ3n) is 5.23. The SMILES string of the molecule is COc1cccc(OC)c1C1CCCC(=O)N1Cc1cccc(-n2cccn2)n1. The number of aromatic nitrogens is 3. The van der Waals surface area contributed by atoms with Crippen molar-refractivity contribution in [1.82, 2.24) is 19.7 Å². The van der Waals surface area contributed by atoms with Crippen LogP contribution in [0, 0.1) is 0 Å². The number of nitrogens with zero attached hydrogens (tertiary/aromatic N) is 4. The molecule has 0 aliphatic carbocycles.